The molecule has 0 saturated carbocycles. The van der Waals surface area contributed by atoms with Gasteiger partial charge in [0.05, 0.1) is 11.3 Å². The Morgan fingerprint density at radius 3 is 3.00 bits per heavy atom. The van der Waals surface area contributed by atoms with Crippen LogP contribution in [0.15, 0.2) is 48.8 Å². The summed E-state index contributed by atoms with van der Waals surface area (Å²) in [5.41, 5.74) is 3.25. The summed E-state index contributed by atoms with van der Waals surface area (Å²) in [5, 5.41) is 3.64. The molecule has 0 aliphatic rings. The molecule has 3 aromatic rings. The van der Waals surface area contributed by atoms with Crippen molar-refractivity contribution in [3.63, 3.8) is 0 Å². The maximum atomic E-state index is 12.3. The number of fused-ring (bicyclic) bond motifs is 1. The summed E-state index contributed by atoms with van der Waals surface area (Å²) < 4.78 is 1.86. The van der Waals surface area contributed by atoms with E-state index in [0.717, 1.165) is 17.7 Å². The van der Waals surface area contributed by atoms with Gasteiger partial charge in [0.2, 0.25) is 0 Å². The van der Waals surface area contributed by atoms with Gasteiger partial charge in [-0.2, -0.15) is 0 Å². The second-order valence-electron chi connectivity index (χ2n) is 5.17. The van der Waals surface area contributed by atoms with Gasteiger partial charge in [-0.25, -0.2) is 4.98 Å². The van der Waals surface area contributed by atoms with Crippen molar-refractivity contribution in [3.05, 3.63) is 70.6 Å². The Morgan fingerprint density at radius 1 is 1.32 bits per heavy atom. The topological polar surface area (TPSA) is 46.4 Å². The van der Waals surface area contributed by atoms with Crippen molar-refractivity contribution in [1.29, 1.82) is 0 Å². The first-order valence-electron chi connectivity index (χ1n) is 7.10. The van der Waals surface area contributed by atoms with Gasteiger partial charge in [0.15, 0.2) is 0 Å². The highest BCUT2D eigenvalue weighted by Crippen LogP contribution is 2.12. The van der Waals surface area contributed by atoms with Gasteiger partial charge < -0.3 is 9.72 Å². The van der Waals surface area contributed by atoms with Crippen LogP contribution in [0.5, 0.6) is 0 Å². The number of pyridine rings is 1. The molecule has 1 aromatic carbocycles. The molecule has 112 valence electrons. The van der Waals surface area contributed by atoms with E-state index in [4.69, 9.17) is 11.6 Å². The van der Waals surface area contributed by atoms with Gasteiger partial charge in [-0.15, -0.1) is 0 Å². The first-order chi connectivity index (χ1) is 10.6. The Bertz CT molecular complexity index is 826. The predicted molar refractivity (Wildman–Crippen MR) is 87.4 cm³/mol. The lowest BCUT2D eigenvalue weighted by molar-refractivity contribution is 0.0955. The number of carbonyl (C=O) groups is 1. The fourth-order valence-corrected chi connectivity index (χ4v) is 2.63. The molecule has 0 unspecified atom stereocenters. The molecule has 1 N–H and O–H groups in total. The number of aryl methyl sites for hydroxylation is 1. The van der Waals surface area contributed by atoms with E-state index in [1.807, 2.05) is 54.0 Å². The van der Waals surface area contributed by atoms with Crippen molar-refractivity contribution < 1.29 is 4.79 Å². The van der Waals surface area contributed by atoms with Crippen LogP contribution in [0.1, 0.15) is 21.6 Å². The molecule has 22 heavy (non-hydrogen) atoms. The van der Waals surface area contributed by atoms with Crippen LogP contribution in [0.3, 0.4) is 0 Å². The van der Waals surface area contributed by atoms with Gasteiger partial charge in [-0.3, -0.25) is 4.79 Å². The molecule has 0 atom stereocenters. The molecule has 0 aliphatic carbocycles. The van der Waals surface area contributed by atoms with E-state index >= 15 is 0 Å². The second kappa shape index (κ2) is 6.20. The predicted octanol–water partition coefficient (Wildman–Crippen LogP) is 3.27. The third-order valence-electron chi connectivity index (χ3n) is 3.44. The summed E-state index contributed by atoms with van der Waals surface area (Å²) in [5.74, 6) is -0.113. The van der Waals surface area contributed by atoms with Crippen LogP contribution in [0.4, 0.5) is 0 Å². The highest BCUT2D eigenvalue weighted by molar-refractivity contribution is 6.30. The number of imidazole rings is 1. The number of aromatic nitrogens is 2. The molecule has 2 heterocycles. The minimum absolute atomic E-state index is 0.113. The molecule has 0 saturated heterocycles. The Hall–Kier alpha value is -2.33. The fourth-order valence-electron chi connectivity index (χ4n) is 2.42. The maximum absolute atomic E-state index is 12.3. The third-order valence-corrected chi connectivity index (χ3v) is 3.67. The van der Waals surface area contributed by atoms with Crippen molar-refractivity contribution in [3.8, 4) is 0 Å². The zero-order chi connectivity index (χ0) is 15.5. The van der Waals surface area contributed by atoms with E-state index in [-0.39, 0.29) is 5.91 Å². The van der Waals surface area contributed by atoms with E-state index < -0.39 is 0 Å². The van der Waals surface area contributed by atoms with Gasteiger partial charge in [0, 0.05) is 24.0 Å². The highest BCUT2D eigenvalue weighted by atomic mass is 35.5. The van der Waals surface area contributed by atoms with Gasteiger partial charge in [-0.1, -0.05) is 23.7 Å². The zero-order valence-corrected chi connectivity index (χ0v) is 13.0. The number of amides is 1. The lowest BCUT2D eigenvalue weighted by atomic mass is 10.1. The normalized spacial score (nSPS) is 10.8. The first kappa shape index (κ1) is 14.6. The molecule has 0 spiro atoms. The number of carbonyl (C=O) groups excluding carboxylic acids is 1. The number of benzene rings is 1. The number of halogens is 1. The van der Waals surface area contributed by atoms with Crippen LogP contribution >= 0.6 is 11.6 Å². The Labute approximate surface area is 133 Å². The van der Waals surface area contributed by atoms with Crippen molar-refractivity contribution in [2.45, 2.75) is 13.3 Å². The summed E-state index contributed by atoms with van der Waals surface area (Å²) in [7, 11) is 0. The smallest absolute Gasteiger partial charge is 0.255 e. The van der Waals surface area contributed by atoms with Crippen LogP contribution in [-0.2, 0) is 6.42 Å². The average Bonchev–Trinajstić information content (AvgIpc) is 2.87. The molecule has 5 heteroatoms. The van der Waals surface area contributed by atoms with Crippen molar-refractivity contribution in [2.24, 2.45) is 0 Å². The van der Waals surface area contributed by atoms with Crippen molar-refractivity contribution in [2.75, 3.05) is 6.54 Å². The Balaban J connectivity index is 1.69. The lowest BCUT2D eigenvalue weighted by Crippen LogP contribution is -2.26. The van der Waals surface area contributed by atoms with E-state index in [2.05, 4.69) is 10.3 Å². The molecule has 0 aliphatic heterocycles. The zero-order valence-electron chi connectivity index (χ0n) is 12.2. The second-order valence-corrected chi connectivity index (χ2v) is 5.61. The number of hydrogen-bond donors (Lipinski definition) is 1. The monoisotopic (exact) mass is 313 g/mol. The highest BCUT2D eigenvalue weighted by Gasteiger charge is 2.11. The van der Waals surface area contributed by atoms with E-state index in [0.29, 0.717) is 22.8 Å². The minimum Gasteiger partial charge on any atom is -0.352 e. The van der Waals surface area contributed by atoms with Crippen LogP contribution in [0.2, 0.25) is 5.02 Å². The van der Waals surface area contributed by atoms with E-state index in [1.54, 1.807) is 6.07 Å². The van der Waals surface area contributed by atoms with Crippen LogP contribution in [-0.4, -0.2) is 21.8 Å². The van der Waals surface area contributed by atoms with Crippen molar-refractivity contribution in [1.82, 2.24) is 14.7 Å². The Morgan fingerprint density at radius 2 is 2.18 bits per heavy atom. The van der Waals surface area contributed by atoms with E-state index in [9.17, 15) is 4.79 Å². The van der Waals surface area contributed by atoms with E-state index in [1.165, 1.54) is 0 Å². The average molecular weight is 314 g/mol. The number of nitrogens with zero attached hydrogens (tertiary/aromatic N) is 2. The summed E-state index contributed by atoms with van der Waals surface area (Å²) in [6.07, 6.45) is 4.53. The lowest BCUT2D eigenvalue weighted by Gasteiger charge is -2.06. The number of rotatable bonds is 4. The summed E-state index contributed by atoms with van der Waals surface area (Å²) in [4.78, 5) is 16.7. The standard InChI is InChI=1S/C17H16ClN3O/c1-12-11-21-9-3-6-15(16(21)20-12)17(22)19-8-7-13-4-2-5-14(18)10-13/h2-6,9-11H,7-8H2,1H3,(H,19,22). The largest absolute Gasteiger partial charge is 0.352 e. The molecule has 1 amide bonds. The maximum Gasteiger partial charge on any atom is 0.255 e. The number of hydrogen-bond acceptors (Lipinski definition) is 2. The quantitative estimate of drug-likeness (QED) is 0.803. The third kappa shape index (κ3) is 3.12. The number of nitrogens with one attached hydrogen (secondary N) is 1. The van der Waals surface area contributed by atoms with Gasteiger partial charge in [-0.05, 0) is 43.2 Å². The SMILES string of the molecule is Cc1cn2cccc(C(=O)NCCc3cccc(Cl)c3)c2n1. The van der Waals surface area contributed by atoms with Crippen LogP contribution in [0.25, 0.3) is 5.65 Å². The van der Waals surface area contributed by atoms with Crippen LogP contribution in [0, 0.1) is 6.92 Å². The molecular weight excluding hydrogens is 298 g/mol. The van der Waals surface area contributed by atoms with Gasteiger partial charge in [0.25, 0.3) is 5.91 Å². The summed E-state index contributed by atoms with van der Waals surface area (Å²) in [6, 6.07) is 11.3. The molecule has 0 radical (unpaired) electrons. The first-order valence-corrected chi connectivity index (χ1v) is 7.48. The summed E-state index contributed by atoms with van der Waals surface area (Å²) in [6.45, 7) is 2.47. The molecule has 0 bridgehead atoms. The molecule has 2 aromatic heterocycles. The summed E-state index contributed by atoms with van der Waals surface area (Å²) >= 11 is 5.95. The molecule has 3 rings (SSSR count). The van der Waals surface area contributed by atoms with Gasteiger partial charge in [0.1, 0.15) is 5.65 Å². The Kier molecular flexibility index (Phi) is 4.11. The van der Waals surface area contributed by atoms with Crippen LogP contribution < -0.4 is 5.32 Å². The van der Waals surface area contributed by atoms with Gasteiger partial charge >= 0.3 is 0 Å². The van der Waals surface area contributed by atoms with Crippen molar-refractivity contribution >= 4 is 23.2 Å². The minimum atomic E-state index is -0.113. The molecule has 4 nitrogen and oxygen atoms in total. The molecule has 0 fully saturated rings. The molecular formula is C17H16ClN3O. The fraction of sp³-hybridized carbons (Fsp3) is 0.176.